The van der Waals surface area contributed by atoms with E-state index in [-0.39, 0.29) is 18.9 Å². The van der Waals surface area contributed by atoms with Gasteiger partial charge < -0.3 is 26.2 Å². The van der Waals surface area contributed by atoms with Gasteiger partial charge in [-0.25, -0.2) is 9.59 Å². The summed E-state index contributed by atoms with van der Waals surface area (Å²) in [4.78, 5) is 33.2. The number of rotatable bonds is 6. The van der Waals surface area contributed by atoms with Crippen LogP contribution < -0.4 is 16.4 Å². The van der Waals surface area contributed by atoms with Crippen molar-refractivity contribution >= 4 is 17.9 Å². The molecule has 1 fully saturated rings. The summed E-state index contributed by atoms with van der Waals surface area (Å²) in [5, 5.41) is 13.9. The van der Waals surface area contributed by atoms with Crippen molar-refractivity contribution in [1.82, 2.24) is 10.6 Å². The van der Waals surface area contributed by atoms with Gasteiger partial charge in [0.1, 0.15) is 6.04 Å². The van der Waals surface area contributed by atoms with E-state index in [4.69, 9.17) is 15.6 Å². The van der Waals surface area contributed by atoms with Gasteiger partial charge in [0.05, 0.1) is 0 Å². The maximum absolute atomic E-state index is 11.6. The molecule has 0 aliphatic carbocycles. The van der Waals surface area contributed by atoms with Gasteiger partial charge in [-0.05, 0) is 19.3 Å². The molecule has 8 heteroatoms. The van der Waals surface area contributed by atoms with E-state index in [1.54, 1.807) is 0 Å². The third-order valence-corrected chi connectivity index (χ3v) is 2.84. The summed E-state index contributed by atoms with van der Waals surface area (Å²) in [5.74, 6) is -1.79. The van der Waals surface area contributed by atoms with Gasteiger partial charge >= 0.3 is 12.0 Å². The summed E-state index contributed by atoms with van der Waals surface area (Å²) in [7, 11) is 0. The van der Waals surface area contributed by atoms with Crippen LogP contribution in [0.3, 0.4) is 0 Å². The second-order valence-corrected chi connectivity index (χ2v) is 4.40. The van der Waals surface area contributed by atoms with E-state index in [1.165, 1.54) is 0 Å². The van der Waals surface area contributed by atoms with Gasteiger partial charge in [0.15, 0.2) is 0 Å². The van der Waals surface area contributed by atoms with Crippen LogP contribution in [0.4, 0.5) is 4.79 Å². The second-order valence-electron chi connectivity index (χ2n) is 4.40. The van der Waals surface area contributed by atoms with E-state index in [0.29, 0.717) is 26.1 Å². The van der Waals surface area contributed by atoms with E-state index in [1.807, 2.05) is 0 Å². The Morgan fingerprint density at radius 3 is 2.47 bits per heavy atom. The van der Waals surface area contributed by atoms with Crippen molar-refractivity contribution in [1.29, 1.82) is 0 Å². The average Bonchev–Trinajstić information content (AvgIpc) is 2.35. The molecular weight excluding hydrogens is 254 g/mol. The molecule has 1 heterocycles. The highest BCUT2D eigenvalue weighted by atomic mass is 16.5. The van der Waals surface area contributed by atoms with Crippen molar-refractivity contribution in [2.24, 2.45) is 5.73 Å². The number of carbonyl (C=O) groups excluding carboxylic acids is 2. The number of nitrogens with one attached hydrogen (secondary N) is 2. The van der Waals surface area contributed by atoms with Crippen LogP contribution >= 0.6 is 0 Å². The van der Waals surface area contributed by atoms with Gasteiger partial charge in [0.2, 0.25) is 5.91 Å². The van der Waals surface area contributed by atoms with Gasteiger partial charge in [-0.3, -0.25) is 4.79 Å². The minimum absolute atomic E-state index is 0.0145. The standard InChI is InChI=1S/C11H19N3O5/c12-9(15)2-1-8(10(16)17)14-11(18)13-7-3-5-19-6-4-7/h7-8H,1-6H2,(H2,12,15)(H,16,17)(H2,13,14,18). The fourth-order valence-corrected chi connectivity index (χ4v) is 1.77. The molecule has 3 amide bonds. The van der Waals surface area contributed by atoms with E-state index in [9.17, 15) is 14.4 Å². The summed E-state index contributed by atoms with van der Waals surface area (Å²) < 4.78 is 5.15. The molecule has 0 spiro atoms. The van der Waals surface area contributed by atoms with Gasteiger partial charge in [0, 0.05) is 25.7 Å². The van der Waals surface area contributed by atoms with Gasteiger partial charge in [0.25, 0.3) is 0 Å². The maximum Gasteiger partial charge on any atom is 0.326 e. The number of amides is 3. The molecule has 1 rings (SSSR count). The zero-order chi connectivity index (χ0) is 14.3. The molecule has 1 aliphatic rings. The van der Waals surface area contributed by atoms with E-state index >= 15 is 0 Å². The van der Waals surface area contributed by atoms with Crippen molar-refractivity contribution < 1.29 is 24.2 Å². The molecule has 1 saturated heterocycles. The number of hydrogen-bond donors (Lipinski definition) is 4. The molecule has 0 bridgehead atoms. The molecule has 1 aliphatic heterocycles. The summed E-state index contributed by atoms with van der Waals surface area (Å²) in [5.41, 5.74) is 4.95. The fraction of sp³-hybridized carbons (Fsp3) is 0.727. The van der Waals surface area contributed by atoms with Crippen LogP contribution in [-0.2, 0) is 14.3 Å². The first-order chi connectivity index (χ1) is 8.99. The molecule has 108 valence electrons. The molecule has 5 N–H and O–H groups in total. The Kier molecular flexibility index (Phi) is 6.07. The zero-order valence-electron chi connectivity index (χ0n) is 10.6. The Bertz CT molecular complexity index is 341. The van der Waals surface area contributed by atoms with Crippen LogP contribution in [0, 0.1) is 0 Å². The topological polar surface area (TPSA) is 131 Å². The van der Waals surface area contributed by atoms with Gasteiger partial charge in [-0.15, -0.1) is 0 Å². The smallest absolute Gasteiger partial charge is 0.326 e. The maximum atomic E-state index is 11.6. The molecule has 1 atom stereocenters. The highest BCUT2D eigenvalue weighted by Crippen LogP contribution is 2.06. The Balaban J connectivity index is 2.37. The van der Waals surface area contributed by atoms with Crippen molar-refractivity contribution in [3.05, 3.63) is 0 Å². The minimum atomic E-state index is -1.19. The van der Waals surface area contributed by atoms with Gasteiger partial charge in [-0.1, -0.05) is 0 Å². The summed E-state index contributed by atoms with van der Waals surface area (Å²) in [6.45, 7) is 1.16. The summed E-state index contributed by atoms with van der Waals surface area (Å²) in [6.07, 6.45) is 1.29. The van der Waals surface area contributed by atoms with Crippen molar-refractivity contribution in [3.63, 3.8) is 0 Å². The molecule has 1 unspecified atom stereocenters. The lowest BCUT2D eigenvalue weighted by atomic mass is 10.1. The molecule has 0 aromatic heterocycles. The number of carboxylic acid groups (broad SMARTS) is 1. The normalized spacial score (nSPS) is 17.5. The van der Waals surface area contributed by atoms with Crippen LogP contribution in [0.2, 0.25) is 0 Å². The monoisotopic (exact) mass is 273 g/mol. The lowest BCUT2D eigenvalue weighted by Crippen LogP contribution is -2.50. The van der Waals surface area contributed by atoms with Crippen LogP contribution in [0.25, 0.3) is 0 Å². The molecule has 8 nitrogen and oxygen atoms in total. The SMILES string of the molecule is NC(=O)CCC(NC(=O)NC1CCOCC1)C(=O)O. The lowest BCUT2D eigenvalue weighted by Gasteiger charge is -2.24. The number of urea groups is 1. The quantitative estimate of drug-likeness (QED) is 0.502. The largest absolute Gasteiger partial charge is 0.480 e. The number of carbonyl (C=O) groups is 3. The van der Waals surface area contributed by atoms with E-state index in [0.717, 1.165) is 0 Å². The fourth-order valence-electron chi connectivity index (χ4n) is 1.77. The third-order valence-electron chi connectivity index (χ3n) is 2.84. The Morgan fingerprint density at radius 2 is 1.95 bits per heavy atom. The second kappa shape index (κ2) is 7.57. The number of aliphatic carboxylic acids is 1. The predicted molar refractivity (Wildman–Crippen MR) is 65.4 cm³/mol. The molecule has 0 aromatic carbocycles. The predicted octanol–water partition coefficient (Wildman–Crippen LogP) is -0.817. The number of ether oxygens (including phenoxy) is 1. The highest BCUT2D eigenvalue weighted by Gasteiger charge is 2.22. The highest BCUT2D eigenvalue weighted by molar-refractivity contribution is 5.83. The summed E-state index contributed by atoms with van der Waals surface area (Å²) in [6, 6.07) is -1.68. The van der Waals surface area contributed by atoms with E-state index < -0.39 is 23.9 Å². The van der Waals surface area contributed by atoms with Crippen molar-refractivity contribution in [3.8, 4) is 0 Å². The van der Waals surface area contributed by atoms with Crippen LogP contribution in [-0.4, -0.2) is 48.3 Å². The van der Waals surface area contributed by atoms with E-state index in [2.05, 4.69) is 10.6 Å². The van der Waals surface area contributed by atoms with Crippen molar-refractivity contribution in [2.45, 2.75) is 37.8 Å². The number of nitrogens with two attached hydrogens (primary N) is 1. The average molecular weight is 273 g/mol. The minimum Gasteiger partial charge on any atom is -0.480 e. The number of primary amides is 1. The first-order valence-electron chi connectivity index (χ1n) is 6.15. The molecular formula is C11H19N3O5. The number of carboxylic acids is 1. The molecule has 0 aromatic rings. The first kappa shape index (κ1) is 15.2. The Hall–Kier alpha value is -1.83. The molecule has 0 radical (unpaired) electrons. The zero-order valence-corrected chi connectivity index (χ0v) is 10.6. The summed E-state index contributed by atoms with van der Waals surface area (Å²) >= 11 is 0. The van der Waals surface area contributed by atoms with Crippen LogP contribution in [0.15, 0.2) is 0 Å². The Labute approximate surface area is 110 Å². The van der Waals surface area contributed by atoms with Crippen molar-refractivity contribution in [2.75, 3.05) is 13.2 Å². The van der Waals surface area contributed by atoms with Gasteiger partial charge in [-0.2, -0.15) is 0 Å². The Morgan fingerprint density at radius 1 is 1.32 bits per heavy atom. The number of hydrogen-bond acceptors (Lipinski definition) is 4. The lowest BCUT2D eigenvalue weighted by molar-refractivity contribution is -0.139. The van der Waals surface area contributed by atoms with Crippen LogP contribution in [0.5, 0.6) is 0 Å². The molecule has 0 saturated carbocycles. The first-order valence-corrected chi connectivity index (χ1v) is 6.15. The molecule has 19 heavy (non-hydrogen) atoms. The third kappa shape index (κ3) is 6.05. The van der Waals surface area contributed by atoms with Crippen LogP contribution in [0.1, 0.15) is 25.7 Å².